The van der Waals surface area contributed by atoms with Gasteiger partial charge in [-0.05, 0) is 19.4 Å². The number of rotatable bonds is 5. The van der Waals surface area contributed by atoms with Crippen LogP contribution in [0.4, 0.5) is 0 Å². The van der Waals surface area contributed by atoms with Crippen LogP contribution >= 0.6 is 0 Å². The van der Waals surface area contributed by atoms with E-state index in [-0.39, 0.29) is 12.0 Å². The summed E-state index contributed by atoms with van der Waals surface area (Å²) in [6, 6.07) is 19.1. The van der Waals surface area contributed by atoms with Gasteiger partial charge in [0.05, 0.1) is 23.9 Å². The molecule has 0 saturated carbocycles. The molecule has 0 fully saturated rings. The van der Waals surface area contributed by atoms with E-state index in [9.17, 15) is 4.79 Å². The van der Waals surface area contributed by atoms with Crippen LogP contribution in [-0.2, 0) is 9.53 Å². The van der Waals surface area contributed by atoms with Crippen LogP contribution in [0.1, 0.15) is 31.0 Å². The highest BCUT2D eigenvalue weighted by Gasteiger charge is 2.36. The van der Waals surface area contributed by atoms with Gasteiger partial charge in [0, 0.05) is 12.1 Å². The van der Waals surface area contributed by atoms with E-state index in [1.165, 1.54) is 0 Å². The van der Waals surface area contributed by atoms with Crippen molar-refractivity contribution in [2.75, 3.05) is 13.2 Å². The van der Waals surface area contributed by atoms with Crippen LogP contribution in [0.2, 0.25) is 0 Å². The second kappa shape index (κ2) is 7.87. The van der Waals surface area contributed by atoms with Crippen molar-refractivity contribution in [3.8, 4) is 0 Å². The van der Waals surface area contributed by atoms with E-state index in [2.05, 4.69) is 4.99 Å². The molecule has 0 spiro atoms. The van der Waals surface area contributed by atoms with Crippen molar-refractivity contribution in [2.45, 2.75) is 19.9 Å². The predicted molar refractivity (Wildman–Crippen MR) is 103 cm³/mol. The van der Waals surface area contributed by atoms with Crippen molar-refractivity contribution in [1.82, 2.24) is 4.90 Å². The van der Waals surface area contributed by atoms with Gasteiger partial charge >= 0.3 is 5.97 Å². The quantitative estimate of drug-likeness (QED) is 0.841. The highest BCUT2D eigenvalue weighted by molar-refractivity contribution is 6.03. The van der Waals surface area contributed by atoms with Crippen molar-refractivity contribution in [3.05, 3.63) is 77.4 Å². The molecule has 0 radical (unpaired) electrons. The molecular weight excluding hydrogens is 326 g/mol. The first-order valence-corrected chi connectivity index (χ1v) is 8.79. The Hall–Kier alpha value is -3.08. The zero-order valence-electron chi connectivity index (χ0n) is 15.1. The molecule has 5 nitrogen and oxygen atoms in total. The molecule has 134 valence electrons. The summed E-state index contributed by atoms with van der Waals surface area (Å²) in [5.41, 5.74) is 9.17. The van der Waals surface area contributed by atoms with Crippen LogP contribution in [0.3, 0.4) is 0 Å². The molecule has 1 aliphatic rings. The SMILES string of the molecule is CCOC(=O)C1=C(c2ccccc2)N=C(N)N(CC)C1c1ccccc1. The van der Waals surface area contributed by atoms with E-state index in [1.54, 1.807) is 6.92 Å². The third-order valence-electron chi connectivity index (χ3n) is 4.36. The molecule has 2 aromatic carbocycles. The Bertz CT molecular complexity index is 829. The lowest BCUT2D eigenvalue weighted by Crippen LogP contribution is -2.44. The summed E-state index contributed by atoms with van der Waals surface area (Å²) in [5.74, 6) is 0.0307. The molecular formula is C21H23N3O2. The number of esters is 1. The minimum atomic E-state index is -0.366. The fourth-order valence-electron chi connectivity index (χ4n) is 3.22. The molecule has 1 heterocycles. The van der Waals surface area contributed by atoms with E-state index in [0.717, 1.165) is 11.1 Å². The Labute approximate surface area is 153 Å². The molecule has 0 aliphatic carbocycles. The highest BCUT2D eigenvalue weighted by atomic mass is 16.5. The van der Waals surface area contributed by atoms with Crippen molar-refractivity contribution >= 4 is 17.6 Å². The topological polar surface area (TPSA) is 67.9 Å². The first kappa shape index (κ1) is 17.7. The summed E-state index contributed by atoms with van der Waals surface area (Å²) in [6.07, 6.45) is 0. The molecule has 5 heteroatoms. The van der Waals surface area contributed by atoms with E-state index in [1.807, 2.05) is 72.5 Å². The van der Waals surface area contributed by atoms with E-state index in [0.29, 0.717) is 30.4 Å². The van der Waals surface area contributed by atoms with Gasteiger partial charge < -0.3 is 15.4 Å². The number of nitrogens with zero attached hydrogens (tertiary/aromatic N) is 2. The lowest BCUT2D eigenvalue weighted by atomic mass is 9.92. The van der Waals surface area contributed by atoms with Crippen molar-refractivity contribution < 1.29 is 9.53 Å². The van der Waals surface area contributed by atoms with E-state index in [4.69, 9.17) is 10.5 Å². The number of ether oxygens (including phenoxy) is 1. The van der Waals surface area contributed by atoms with Gasteiger partial charge in [-0.1, -0.05) is 60.7 Å². The Morgan fingerprint density at radius 3 is 2.27 bits per heavy atom. The smallest absolute Gasteiger partial charge is 0.338 e. The lowest BCUT2D eigenvalue weighted by molar-refractivity contribution is -0.139. The largest absolute Gasteiger partial charge is 0.463 e. The number of nitrogens with two attached hydrogens (primary N) is 1. The Morgan fingerprint density at radius 2 is 1.69 bits per heavy atom. The lowest BCUT2D eigenvalue weighted by Gasteiger charge is -2.37. The first-order valence-electron chi connectivity index (χ1n) is 8.79. The van der Waals surface area contributed by atoms with Gasteiger partial charge in [-0.15, -0.1) is 0 Å². The third-order valence-corrected chi connectivity index (χ3v) is 4.36. The molecule has 3 rings (SSSR count). The maximum Gasteiger partial charge on any atom is 0.338 e. The van der Waals surface area contributed by atoms with Gasteiger partial charge in [-0.3, -0.25) is 0 Å². The Morgan fingerprint density at radius 1 is 1.08 bits per heavy atom. The van der Waals surface area contributed by atoms with Crippen molar-refractivity contribution in [2.24, 2.45) is 10.7 Å². The molecule has 0 aromatic heterocycles. The number of guanidine groups is 1. The zero-order valence-corrected chi connectivity index (χ0v) is 15.1. The molecule has 2 aromatic rings. The molecule has 1 aliphatic heterocycles. The second-order valence-corrected chi connectivity index (χ2v) is 5.92. The minimum Gasteiger partial charge on any atom is -0.463 e. The zero-order chi connectivity index (χ0) is 18.5. The van der Waals surface area contributed by atoms with E-state index < -0.39 is 0 Å². The van der Waals surface area contributed by atoms with Gasteiger partial charge in [0.1, 0.15) is 0 Å². The minimum absolute atomic E-state index is 0.303. The van der Waals surface area contributed by atoms with Crippen LogP contribution in [0.25, 0.3) is 5.70 Å². The summed E-state index contributed by atoms with van der Waals surface area (Å²) in [7, 11) is 0. The van der Waals surface area contributed by atoms with Crippen LogP contribution in [0.15, 0.2) is 71.2 Å². The average molecular weight is 349 g/mol. The number of aliphatic imine (C=N–C) groups is 1. The Balaban J connectivity index is 2.25. The summed E-state index contributed by atoms with van der Waals surface area (Å²) < 4.78 is 5.38. The van der Waals surface area contributed by atoms with Crippen molar-refractivity contribution in [3.63, 3.8) is 0 Å². The van der Waals surface area contributed by atoms with Crippen molar-refractivity contribution in [1.29, 1.82) is 0 Å². The summed E-state index contributed by atoms with van der Waals surface area (Å²) in [4.78, 5) is 19.4. The number of carbonyl (C=O) groups excluding carboxylic acids is 1. The summed E-state index contributed by atoms with van der Waals surface area (Å²) >= 11 is 0. The molecule has 0 saturated heterocycles. The Kier molecular flexibility index (Phi) is 5.37. The van der Waals surface area contributed by atoms with Crippen LogP contribution < -0.4 is 5.73 Å². The molecule has 1 unspecified atom stereocenters. The standard InChI is InChI=1S/C21H23N3O2/c1-3-24-19(16-13-9-6-10-14-16)17(20(25)26-4-2)18(23-21(24)22)15-11-7-5-8-12-15/h5-14,19H,3-4H2,1-2H3,(H2,22,23). The number of hydrogen-bond acceptors (Lipinski definition) is 5. The maximum atomic E-state index is 12.9. The van der Waals surface area contributed by atoms with Gasteiger partial charge in [-0.25, -0.2) is 9.79 Å². The number of likely N-dealkylation sites (N-methyl/N-ethyl adjacent to an activating group) is 1. The van der Waals surface area contributed by atoms with Crippen LogP contribution in [0, 0.1) is 0 Å². The van der Waals surface area contributed by atoms with Crippen LogP contribution in [-0.4, -0.2) is 30.0 Å². The highest BCUT2D eigenvalue weighted by Crippen LogP contribution is 2.38. The fraction of sp³-hybridized carbons (Fsp3) is 0.238. The van der Waals surface area contributed by atoms with Gasteiger partial charge in [0.2, 0.25) is 0 Å². The summed E-state index contributed by atoms with van der Waals surface area (Å²) in [5, 5.41) is 0. The predicted octanol–water partition coefficient (Wildman–Crippen LogP) is 3.35. The molecule has 26 heavy (non-hydrogen) atoms. The van der Waals surface area contributed by atoms with Crippen LogP contribution in [0.5, 0.6) is 0 Å². The molecule has 1 atom stereocenters. The van der Waals surface area contributed by atoms with E-state index >= 15 is 0 Å². The fourth-order valence-corrected chi connectivity index (χ4v) is 3.22. The monoisotopic (exact) mass is 349 g/mol. The number of carbonyl (C=O) groups is 1. The molecule has 0 bridgehead atoms. The van der Waals surface area contributed by atoms with Gasteiger partial charge in [-0.2, -0.15) is 0 Å². The normalized spacial score (nSPS) is 17.1. The average Bonchev–Trinajstić information content (AvgIpc) is 2.68. The maximum absolute atomic E-state index is 12.9. The van der Waals surface area contributed by atoms with Gasteiger partial charge in [0.15, 0.2) is 5.96 Å². The second-order valence-electron chi connectivity index (χ2n) is 5.92. The summed E-state index contributed by atoms with van der Waals surface area (Å²) in [6.45, 7) is 4.72. The molecule has 2 N–H and O–H groups in total. The number of benzene rings is 2. The third kappa shape index (κ3) is 3.33. The van der Waals surface area contributed by atoms with Gasteiger partial charge in [0.25, 0.3) is 0 Å². The first-order chi connectivity index (χ1) is 12.7. The number of hydrogen-bond donors (Lipinski definition) is 1. The molecule has 0 amide bonds.